The van der Waals surface area contributed by atoms with Gasteiger partial charge in [0.15, 0.2) is 0 Å². The topological polar surface area (TPSA) is 34.6 Å². The minimum absolute atomic E-state index is 0.0933. The van der Waals surface area contributed by atoms with Crippen LogP contribution >= 0.6 is 0 Å². The van der Waals surface area contributed by atoms with Crippen molar-refractivity contribution < 1.29 is 9.47 Å². The van der Waals surface area contributed by atoms with Gasteiger partial charge in [0.25, 0.3) is 0 Å². The number of ether oxygens (including phenoxy) is 2. The summed E-state index contributed by atoms with van der Waals surface area (Å²) in [7, 11) is 0. The van der Waals surface area contributed by atoms with E-state index in [0.717, 1.165) is 38.5 Å². The van der Waals surface area contributed by atoms with Crippen LogP contribution in [0.25, 0.3) is 0 Å². The van der Waals surface area contributed by atoms with Crippen molar-refractivity contribution in [1.29, 1.82) is 0 Å². The fourth-order valence-corrected chi connectivity index (χ4v) is 3.60. The van der Waals surface area contributed by atoms with Crippen LogP contribution in [-0.2, 0) is 16.1 Å². The van der Waals surface area contributed by atoms with Gasteiger partial charge in [0.1, 0.15) is 0 Å². The highest BCUT2D eigenvalue weighted by Crippen LogP contribution is 2.38. The molecule has 1 aromatic heterocycles. The molecule has 1 saturated carbocycles. The Kier molecular flexibility index (Phi) is 3.69. The molecule has 0 unspecified atom stereocenters. The van der Waals surface area contributed by atoms with Crippen LogP contribution < -0.4 is 0 Å². The molecule has 0 amide bonds. The van der Waals surface area contributed by atoms with Crippen molar-refractivity contribution in [3.8, 4) is 0 Å². The second kappa shape index (κ2) is 5.67. The van der Waals surface area contributed by atoms with Gasteiger partial charge in [-0.2, -0.15) is 0 Å². The zero-order valence-corrected chi connectivity index (χ0v) is 12.5. The quantitative estimate of drug-likeness (QED) is 0.832. The first kappa shape index (κ1) is 13.7. The van der Waals surface area contributed by atoms with Crippen molar-refractivity contribution >= 4 is 0 Å². The summed E-state index contributed by atoms with van der Waals surface area (Å²) in [5.74, 6) is 0.977. The van der Waals surface area contributed by atoms with E-state index < -0.39 is 0 Å². The summed E-state index contributed by atoms with van der Waals surface area (Å²) in [5, 5.41) is 0. The summed E-state index contributed by atoms with van der Waals surface area (Å²) < 4.78 is 12.2. The van der Waals surface area contributed by atoms with Gasteiger partial charge >= 0.3 is 0 Å². The number of hydrogen-bond acceptors (Lipinski definition) is 4. The highest BCUT2D eigenvalue weighted by atomic mass is 16.5. The minimum atomic E-state index is 0.0933. The lowest BCUT2D eigenvalue weighted by molar-refractivity contribution is -0.199. The SMILES string of the molecule is c1cc(CO[C@H]2CCOC3(C2)CN(CC2CC2)C3)ccn1. The van der Waals surface area contributed by atoms with E-state index in [4.69, 9.17) is 9.47 Å². The van der Waals surface area contributed by atoms with Gasteiger partial charge < -0.3 is 9.47 Å². The van der Waals surface area contributed by atoms with E-state index in [9.17, 15) is 0 Å². The van der Waals surface area contributed by atoms with E-state index in [0.29, 0.717) is 12.7 Å². The predicted octanol–water partition coefficient (Wildman–Crippen LogP) is 2.24. The summed E-state index contributed by atoms with van der Waals surface area (Å²) >= 11 is 0. The average Bonchev–Trinajstić information content (AvgIpc) is 3.29. The minimum Gasteiger partial charge on any atom is -0.373 e. The third kappa shape index (κ3) is 3.28. The first-order valence-electron chi connectivity index (χ1n) is 8.18. The molecule has 3 fully saturated rings. The highest BCUT2D eigenvalue weighted by molar-refractivity contribution is 5.08. The standard InChI is InChI=1S/C17H24N2O2/c1-2-14(1)10-19-12-17(13-19)9-16(5-8-21-17)20-11-15-3-6-18-7-4-15/h3-4,6-7,14,16H,1-2,5,8-13H2/t16-/m0/s1. The molecule has 114 valence electrons. The van der Waals surface area contributed by atoms with Gasteiger partial charge in [0, 0.05) is 45.1 Å². The molecule has 4 rings (SSSR count). The molecular weight excluding hydrogens is 264 g/mol. The van der Waals surface area contributed by atoms with Crippen LogP contribution in [0, 0.1) is 5.92 Å². The Bertz CT molecular complexity index is 469. The molecule has 4 nitrogen and oxygen atoms in total. The third-order valence-corrected chi connectivity index (χ3v) is 4.92. The molecule has 1 atom stereocenters. The Balaban J connectivity index is 1.25. The monoisotopic (exact) mass is 288 g/mol. The molecule has 3 aliphatic rings. The molecular formula is C17H24N2O2. The fraction of sp³-hybridized carbons (Fsp3) is 0.706. The van der Waals surface area contributed by atoms with Gasteiger partial charge in [-0.25, -0.2) is 0 Å². The summed E-state index contributed by atoms with van der Waals surface area (Å²) in [6.07, 6.45) is 8.94. The van der Waals surface area contributed by atoms with E-state index >= 15 is 0 Å². The number of pyridine rings is 1. The number of aromatic nitrogens is 1. The highest BCUT2D eigenvalue weighted by Gasteiger charge is 2.48. The summed E-state index contributed by atoms with van der Waals surface area (Å²) in [6, 6.07) is 4.05. The molecule has 0 radical (unpaired) electrons. The van der Waals surface area contributed by atoms with E-state index in [1.165, 1.54) is 24.9 Å². The number of hydrogen-bond donors (Lipinski definition) is 0. The van der Waals surface area contributed by atoms with Crippen LogP contribution in [0.4, 0.5) is 0 Å². The van der Waals surface area contributed by atoms with Gasteiger partial charge in [0.2, 0.25) is 0 Å². The van der Waals surface area contributed by atoms with Crippen LogP contribution in [0.1, 0.15) is 31.2 Å². The second-order valence-electron chi connectivity index (χ2n) is 6.93. The van der Waals surface area contributed by atoms with Crippen molar-refractivity contribution in [3.05, 3.63) is 30.1 Å². The largest absolute Gasteiger partial charge is 0.373 e. The zero-order valence-electron chi connectivity index (χ0n) is 12.5. The van der Waals surface area contributed by atoms with Gasteiger partial charge in [-0.05, 0) is 42.9 Å². The summed E-state index contributed by atoms with van der Waals surface area (Å²) in [6.45, 7) is 5.04. The summed E-state index contributed by atoms with van der Waals surface area (Å²) in [4.78, 5) is 6.60. The molecule has 0 bridgehead atoms. The van der Waals surface area contributed by atoms with Crippen molar-refractivity contribution in [3.63, 3.8) is 0 Å². The first-order chi connectivity index (χ1) is 10.3. The Hall–Kier alpha value is -0.970. The average molecular weight is 288 g/mol. The first-order valence-corrected chi connectivity index (χ1v) is 8.18. The van der Waals surface area contributed by atoms with Crippen molar-refractivity contribution in [2.75, 3.05) is 26.2 Å². The molecule has 2 aliphatic heterocycles. The molecule has 2 saturated heterocycles. The Morgan fingerprint density at radius 1 is 1.24 bits per heavy atom. The van der Waals surface area contributed by atoms with Gasteiger partial charge in [0.05, 0.1) is 18.3 Å². The predicted molar refractivity (Wildman–Crippen MR) is 79.9 cm³/mol. The van der Waals surface area contributed by atoms with Gasteiger partial charge in [-0.3, -0.25) is 9.88 Å². The number of likely N-dealkylation sites (tertiary alicyclic amines) is 1. The summed E-state index contributed by atoms with van der Waals surface area (Å²) in [5.41, 5.74) is 1.30. The third-order valence-electron chi connectivity index (χ3n) is 4.92. The maximum atomic E-state index is 6.10. The Morgan fingerprint density at radius 2 is 2.05 bits per heavy atom. The zero-order chi connectivity index (χ0) is 14.1. The lowest BCUT2D eigenvalue weighted by Crippen LogP contribution is -2.66. The van der Waals surface area contributed by atoms with Crippen LogP contribution in [-0.4, -0.2) is 47.8 Å². The number of rotatable bonds is 5. The van der Waals surface area contributed by atoms with E-state index in [1.54, 1.807) is 0 Å². The van der Waals surface area contributed by atoms with Gasteiger partial charge in [-0.15, -0.1) is 0 Å². The van der Waals surface area contributed by atoms with E-state index in [1.807, 2.05) is 24.5 Å². The molecule has 0 N–H and O–H groups in total. The van der Waals surface area contributed by atoms with Crippen LogP contribution in [0.5, 0.6) is 0 Å². The van der Waals surface area contributed by atoms with Crippen LogP contribution in [0.2, 0.25) is 0 Å². The smallest absolute Gasteiger partial charge is 0.0959 e. The lowest BCUT2D eigenvalue weighted by Gasteiger charge is -2.53. The molecule has 21 heavy (non-hydrogen) atoms. The maximum Gasteiger partial charge on any atom is 0.0959 e. The molecule has 1 aromatic rings. The van der Waals surface area contributed by atoms with Crippen molar-refractivity contribution in [1.82, 2.24) is 9.88 Å². The second-order valence-corrected chi connectivity index (χ2v) is 6.93. The van der Waals surface area contributed by atoms with Gasteiger partial charge in [-0.1, -0.05) is 0 Å². The van der Waals surface area contributed by atoms with Crippen molar-refractivity contribution in [2.45, 2.75) is 44.0 Å². The normalized spacial score (nSPS) is 28.5. The van der Waals surface area contributed by atoms with Crippen molar-refractivity contribution in [2.24, 2.45) is 5.92 Å². The molecule has 1 aliphatic carbocycles. The molecule has 3 heterocycles. The van der Waals surface area contributed by atoms with Crippen LogP contribution in [0.15, 0.2) is 24.5 Å². The molecule has 4 heteroatoms. The Morgan fingerprint density at radius 3 is 2.81 bits per heavy atom. The van der Waals surface area contributed by atoms with E-state index in [-0.39, 0.29) is 5.60 Å². The number of nitrogens with zero attached hydrogens (tertiary/aromatic N) is 2. The fourth-order valence-electron chi connectivity index (χ4n) is 3.60. The molecule has 1 spiro atoms. The Labute approximate surface area is 126 Å². The molecule has 0 aromatic carbocycles. The maximum absolute atomic E-state index is 6.10. The van der Waals surface area contributed by atoms with Crippen LogP contribution in [0.3, 0.4) is 0 Å². The van der Waals surface area contributed by atoms with E-state index in [2.05, 4.69) is 9.88 Å². The lowest BCUT2D eigenvalue weighted by atomic mass is 9.84.